The maximum absolute atomic E-state index is 10.7. The lowest BCUT2D eigenvalue weighted by Crippen LogP contribution is -2.64. The summed E-state index contributed by atoms with van der Waals surface area (Å²) in [7, 11) is 0. The summed E-state index contributed by atoms with van der Waals surface area (Å²) in [6.45, 7) is 2.32. The molecule has 1 heteroatoms. The van der Waals surface area contributed by atoms with Crippen molar-refractivity contribution in [2.75, 3.05) is 0 Å². The van der Waals surface area contributed by atoms with Crippen molar-refractivity contribution in [3.05, 3.63) is 0 Å². The first-order valence-electron chi connectivity index (χ1n) is 7.17. The Morgan fingerprint density at radius 3 is 2.25 bits per heavy atom. The number of rotatable bonds is 4. The minimum atomic E-state index is 0.396. The molecular formula is C15H24O. The van der Waals surface area contributed by atoms with Gasteiger partial charge in [0.15, 0.2) is 0 Å². The maximum atomic E-state index is 10.7. The molecule has 1 nitrogen and oxygen atoms in total. The van der Waals surface area contributed by atoms with Gasteiger partial charge in [0.25, 0.3) is 0 Å². The number of carbonyl (C=O) groups excluding carboxylic acids is 1. The molecule has 16 heavy (non-hydrogen) atoms. The van der Waals surface area contributed by atoms with Crippen molar-refractivity contribution in [3.8, 4) is 0 Å². The first-order valence-corrected chi connectivity index (χ1v) is 7.17. The molecular weight excluding hydrogens is 196 g/mol. The normalized spacial score (nSPS) is 50.3. The van der Waals surface area contributed by atoms with Crippen LogP contribution in [0.5, 0.6) is 0 Å². The first-order chi connectivity index (χ1) is 7.72. The van der Waals surface area contributed by atoms with Crippen LogP contribution in [0, 0.1) is 22.7 Å². The van der Waals surface area contributed by atoms with Crippen molar-refractivity contribution in [2.24, 2.45) is 22.7 Å². The van der Waals surface area contributed by atoms with Crippen LogP contribution < -0.4 is 0 Å². The highest BCUT2D eigenvalue weighted by molar-refractivity contribution is 5.53. The van der Waals surface area contributed by atoms with Gasteiger partial charge >= 0.3 is 0 Å². The first kappa shape index (κ1) is 10.8. The Hall–Kier alpha value is -0.330. The predicted octanol–water partition coefficient (Wildman–Crippen LogP) is 3.96. The van der Waals surface area contributed by atoms with E-state index in [-0.39, 0.29) is 0 Å². The molecule has 0 aromatic rings. The van der Waals surface area contributed by atoms with Gasteiger partial charge in [-0.25, -0.2) is 0 Å². The molecule has 4 saturated carbocycles. The van der Waals surface area contributed by atoms with Crippen LogP contribution in [0.1, 0.15) is 64.7 Å². The van der Waals surface area contributed by atoms with E-state index in [1.54, 1.807) is 0 Å². The number of hydrogen-bond acceptors (Lipinski definition) is 1. The Kier molecular flexibility index (Phi) is 2.42. The lowest BCUT2D eigenvalue weighted by Gasteiger charge is -2.74. The molecule has 0 heterocycles. The Balaban J connectivity index is 1.53. The molecule has 0 N–H and O–H groups in total. The van der Waals surface area contributed by atoms with Crippen LogP contribution >= 0.6 is 0 Å². The molecule has 0 aromatic heterocycles. The van der Waals surface area contributed by atoms with Crippen molar-refractivity contribution in [1.29, 1.82) is 0 Å². The molecule has 2 bridgehead atoms. The molecule has 0 radical (unpaired) electrons. The molecule has 0 saturated heterocycles. The molecule has 4 aliphatic rings. The smallest absolute Gasteiger partial charge is 0.123 e. The molecule has 0 unspecified atom stereocenters. The van der Waals surface area contributed by atoms with Gasteiger partial charge in [0.1, 0.15) is 6.29 Å². The fraction of sp³-hybridized carbons (Fsp3) is 0.933. The SMILES string of the molecule is CCCC12CC(C3CCC(C=O)CC3)(C1)C2. The average molecular weight is 220 g/mol. The van der Waals surface area contributed by atoms with Crippen molar-refractivity contribution in [2.45, 2.75) is 64.7 Å². The summed E-state index contributed by atoms with van der Waals surface area (Å²) in [4.78, 5) is 10.7. The molecule has 4 rings (SSSR count). The van der Waals surface area contributed by atoms with Crippen LogP contribution in [0.15, 0.2) is 0 Å². The fourth-order valence-electron chi connectivity index (χ4n) is 5.18. The van der Waals surface area contributed by atoms with Crippen LogP contribution in [0.3, 0.4) is 0 Å². The van der Waals surface area contributed by atoms with Gasteiger partial charge in [0.05, 0.1) is 0 Å². The highest BCUT2D eigenvalue weighted by atomic mass is 16.1. The molecule has 90 valence electrons. The number of hydrogen-bond donors (Lipinski definition) is 0. The Bertz CT molecular complexity index is 266. The van der Waals surface area contributed by atoms with Crippen LogP contribution in [-0.2, 0) is 4.79 Å². The third-order valence-electron chi connectivity index (χ3n) is 5.79. The van der Waals surface area contributed by atoms with Gasteiger partial charge in [-0.05, 0) is 68.1 Å². The summed E-state index contributed by atoms with van der Waals surface area (Å²) in [5.74, 6) is 1.37. The van der Waals surface area contributed by atoms with E-state index in [2.05, 4.69) is 6.92 Å². The van der Waals surface area contributed by atoms with Crippen molar-refractivity contribution in [3.63, 3.8) is 0 Å². The maximum Gasteiger partial charge on any atom is 0.123 e. The zero-order chi connectivity index (χ0) is 11.2. The summed E-state index contributed by atoms with van der Waals surface area (Å²) >= 11 is 0. The zero-order valence-corrected chi connectivity index (χ0v) is 10.5. The second-order valence-electron chi connectivity index (χ2n) is 6.89. The van der Waals surface area contributed by atoms with Crippen LogP contribution in [0.2, 0.25) is 0 Å². The monoisotopic (exact) mass is 220 g/mol. The second-order valence-corrected chi connectivity index (χ2v) is 6.89. The van der Waals surface area contributed by atoms with Gasteiger partial charge in [0, 0.05) is 5.92 Å². The van der Waals surface area contributed by atoms with Crippen molar-refractivity contribution < 1.29 is 4.79 Å². The fourth-order valence-corrected chi connectivity index (χ4v) is 5.18. The molecule has 4 aliphatic carbocycles. The average Bonchev–Trinajstić information content (AvgIpc) is 2.22. The van der Waals surface area contributed by atoms with Gasteiger partial charge in [-0.1, -0.05) is 13.3 Å². The van der Waals surface area contributed by atoms with E-state index in [9.17, 15) is 4.79 Å². The minimum absolute atomic E-state index is 0.396. The van der Waals surface area contributed by atoms with Gasteiger partial charge in [0.2, 0.25) is 0 Å². The van der Waals surface area contributed by atoms with E-state index < -0.39 is 0 Å². The summed E-state index contributed by atoms with van der Waals surface area (Å²) in [6.07, 6.45) is 13.7. The highest BCUT2D eigenvalue weighted by Crippen LogP contribution is 2.79. The van der Waals surface area contributed by atoms with E-state index in [4.69, 9.17) is 0 Å². The molecule has 0 atom stereocenters. The molecule has 0 amide bonds. The third-order valence-corrected chi connectivity index (χ3v) is 5.79. The van der Waals surface area contributed by atoms with E-state index >= 15 is 0 Å². The predicted molar refractivity (Wildman–Crippen MR) is 65.1 cm³/mol. The summed E-state index contributed by atoms with van der Waals surface area (Å²) in [5, 5.41) is 0. The van der Waals surface area contributed by atoms with Gasteiger partial charge < -0.3 is 4.79 Å². The largest absolute Gasteiger partial charge is 0.303 e. The van der Waals surface area contributed by atoms with Crippen LogP contribution in [-0.4, -0.2) is 6.29 Å². The molecule has 0 aliphatic heterocycles. The Morgan fingerprint density at radius 1 is 1.12 bits per heavy atom. The minimum Gasteiger partial charge on any atom is -0.303 e. The lowest BCUT2D eigenvalue weighted by atomic mass is 9.30. The Morgan fingerprint density at radius 2 is 1.75 bits per heavy atom. The number of aldehydes is 1. The van der Waals surface area contributed by atoms with Crippen LogP contribution in [0.25, 0.3) is 0 Å². The van der Waals surface area contributed by atoms with E-state index in [1.807, 2.05) is 0 Å². The molecule has 0 spiro atoms. The standard InChI is InChI=1S/C15H24O/c1-2-7-14-9-15(10-14,11-14)13-5-3-12(8-16)4-6-13/h8,12-13H,2-7,9-11H2,1H3. The lowest BCUT2D eigenvalue weighted by molar-refractivity contribution is -0.245. The van der Waals surface area contributed by atoms with Gasteiger partial charge in [-0.15, -0.1) is 0 Å². The quantitative estimate of drug-likeness (QED) is 0.655. The van der Waals surface area contributed by atoms with Gasteiger partial charge in [-0.2, -0.15) is 0 Å². The Labute approximate surface area is 99.0 Å². The molecule has 0 aromatic carbocycles. The summed E-state index contributed by atoms with van der Waals surface area (Å²) in [5.41, 5.74) is 1.57. The second kappa shape index (κ2) is 3.58. The van der Waals surface area contributed by atoms with E-state index in [1.165, 1.54) is 64.1 Å². The van der Waals surface area contributed by atoms with E-state index in [0.29, 0.717) is 5.92 Å². The zero-order valence-electron chi connectivity index (χ0n) is 10.5. The van der Waals surface area contributed by atoms with Crippen molar-refractivity contribution in [1.82, 2.24) is 0 Å². The van der Waals surface area contributed by atoms with Crippen molar-refractivity contribution >= 4 is 6.29 Å². The summed E-state index contributed by atoms with van der Waals surface area (Å²) < 4.78 is 0. The van der Waals surface area contributed by atoms with Gasteiger partial charge in [-0.3, -0.25) is 0 Å². The molecule has 4 fully saturated rings. The van der Waals surface area contributed by atoms with E-state index in [0.717, 1.165) is 16.7 Å². The summed E-state index contributed by atoms with van der Waals surface area (Å²) in [6, 6.07) is 0. The number of carbonyl (C=O) groups is 1. The topological polar surface area (TPSA) is 17.1 Å². The third kappa shape index (κ3) is 1.39. The highest BCUT2D eigenvalue weighted by Gasteiger charge is 2.68. The van der Waals surface area contributed by atoms with Crippen LogP contribution in [0.4, 0.5) is 0 Å².